The topological polar surface area (TPSA) is 51.2 Å². The number of hydrogen-bond acceptors (Lipinski definition) is 6. The van der Waals surface area contributed by atoms with Crippen molar-refractivity contribution < 1.29 is 14.4 Å². The maximum Gasteiger partial charge on any atom is 0.160 e. The molecule has 0 atom stereocenters. The van der Waals surface area contributed by atoms with Gasteiger partial charge in [-0.1, -0.05) is 20.8 Å². The molecule has 0 aromatic heterocycles. The van der Waals surface area contributed by atoms with Crippen LogP contribution in [0.15, 0.2) is 0 Å². The lowest BCUT2D eigenvalue weighted by Crippen LogP contribution is -2.35. The van der Waals surface area contributed by atoms with Gasteiger partial charge >= 0.3 is 0 Å². The molecular weight excluding hydrogens is 300 g/mol. The highest BCUT2D eigenvalue weighted by atomic mass is 32.2. The second-order valence-corrected chi connectivity index (χ2v) is 7.57. The molecule has 0 aliphatic heterocycles. The van der Waals surface area contributed by atoms with E-state index in [1.165, 1.54) is 35.3 Å². The Morgan fingerprint density at radius 3 is 1.16 bits per heavy atom. The minimum absolute atomic E-state index is 0.227. The largest absolute Gasteiger partial charge is 0.297 e. The summed E-state index contributed by atoms with van der Waals surface area (Å²) in [4.78, 5) is 36.1. The van der Waals surface area contributed by atoms with E-state index in [1.807, 2.05) is 20.8 Å². The summed E-state index contributed by atoms with van der Waals surface area (Å²) >= 11 is 4.38. The average molecular weight is 323 g/mol. The van der Waals surface area contributed by atoms with Crippen LogP contribution >= 0.6 is 35.3 Å². The van der Waals surface area contributed by atoms with Gasteiger partial charge in [0.25, 0.3) is 0 Å². The van der Waals surface area contributed by atoms with E-state index >= 15 is 0 Å². The fourth-order valence-corrected chi connectivity index (χ4v) is 3.11. The maximum atomic E-state index is 12.0. The number of ketones is 3. The molecule has 0 bridgehead atoms. The monoisotopic (exact) mass is 322 g/mol. The SMILES string of the molecule is CCSCC(=O)C(C(=O)CSCC)C(=O)CSCC. The summed E-state index contributed by atoms with van der Waals surface area (Å²) < 4.78 is 0. The van der Waals surface area contributed by atoms with Gasteiger partial charge in [-0.05, 0) is 17.3 Å². The van der Waals surface area contributed by atoms with E-state index in [2.05, 4.69) is 0 Å². The van der Waals surface area contributed by atoms with Gasteiger partial charge in [-0.15, -0.1) is 0 Å². The molecule has 0 saturated carbocycles. The van der Waals surface area contributed by atoms with Crippen molar-refractivity contribution in [1.82, 2.24) is 0 Å². The second-order valence-electron chi connectivity index (χ2n) is 3.74. The molecule has 0 rings (SSSR count). The van der Waals surface area contributed by atoms with Gasteiger partial charge in [-0.2, -0.15) is 35.3 Å². The summed E-state index contributed by atoms with van der Waals surface area (Å²) in [5, 5.41) is 0. The van der Waals surface area contributed by atoms with Crippen molar-refractivity contribution in [1.29, 1.82) is 0 Å². The molecule has 6 heteroatoms. The Hall–Kier alpha value is 0.0600. The molecule has 110 valence electrons. The summed E-state index contributed by atoms with van der Waals surface area (Å²) in [5.41, 5.74) is 0. The van der Waals surface area contributed by atoms with Crippen LogP contribution in [0.25, 0.3) is 0 Å². The van der Waals surface area contributed by atoms with Crippen molar-refractivity contribution in [3.05, 3.63) is 0 Å². The van der Waals surface area contributed by atoms with Crippen molar-refractivity contribution >= 4 is 52.6 Å². The van der Waals surface area contributed by atoms with Crippen LogP contribution < -0.4 is 0 Å². The molecule has 0 saturated heterocycles. The van der Waals surface area contributed by atoms with Gasteiger partial charge in [0.1, 0.15) is 5.92 Å². The predicted molar refractivity (Wildman–Crippen MR) is 87.5 cm³/mol. The smallest absolute Gasteiger partial charge is 0.160 e. The van der Waals surface area contributed by atoms with Gasteiger partial charge in [0.2, 0.25) is 0 Å². The number of thioether (sulfide) groups is 3. The molecule has 0 fully saturated rings. The van der Waals surface area contributed by atoms with E-state index in [1.54, 1.807) is 0 Å². The molecule has 0 heterocycles. The van der Waals surface area contributed by atoms with Crippen LogP contribution in [0.1, 0.15) is 20.8 Å². The van der Waals surface area contributed by atoms with Crippen molar-refractivity contribution in [3.8, 4) is 0 Å². The third-order valence-corrected chi connectivity index (χ3v) is 5.00. The first-order valence-corrected chi connectivity index (χ1v) is 9.86. The maximum absolute atomic E-state index is 12.0. The minimum Gasteiger partial charge on any atom is -0.297 e. The lowest BCUT2D eigenvalue weighted by molar-refractivity contribution is -0.136. The van der Waals surface area contributed by atoms with Crippen LogP contribution in [-0.4, -0.2) is 51.9 Å². The zero-order valence-corrected chi connectivity index (χ0v) is 14.2. The Morgan fingerprint density at radius 2 is 0.947 bits per heavy atom. The van der Waals surface area contributed by atoms with Crippen LogP contribution in [0.5, 0.6) is 0 Å². The normalized spacial score (nSPS) is 10.7. The van der Waals surface area contributed by atoms with E-state index in [9.17, 15) is 14.4 Å². The second kappa shape index (κ2) is 11.9. The zero-order chi connectivity index (χ0) is 14.7. The van der Waals surface area contributed by atoms with Crippen LogP contribution in [-0.2, 0) is 14.4 Å². The molecule has 0 unspecified atom stereocenters. The number of carbonyl (C=O) groups is 3. The average Bonchev–Trinajstić information content (AvgIpc) is 2.40. The van der Waals surface area contributed by atoms with Gasteiger partial charge in [0.15, 0.2) is 17.3 Å². The van der Waals surface area contributed by atoms with Crippen molar-refractivity contribution in [2.75, 3.05) is 34.5 Å². The van der Waals surface area contributed by atoms with Crippen LogP contribution in [0.2, 0.25) is 0 Å². The van der Waals surface area contributed by atoms with E-state index in [-0.39, 0.29) is 34.6 Å². The highest BCUT2D eigenvalue weighted by Crippen LogP contribution is 2.14. The molecule has 0 spiro atoms. The summed E-state index contributed by atoms with van der Waals surface area (Å²) in [6, 6.07) is 0. The third kappa shape index (κ3) is 8.05. The van der Waals surface area contributed by atoms with E-state index in [4.69, 9.17) is 0 Å². The fraction of sp³-hybridized carbons (Fsp3) is 0.769. The van der Waals surface area contributed by atoms with Gasteiger partial charge in [0.05, 0.1) is 17.3 Å². The summed E-state index contributed by atoms with van der Waals surface area (Å²) in [6.45, 7) is 5.86. The highest BCUT2D eigenvalue weighted by Gasteiger charge is 2.32. The van der Waals surface area contributed by atoms with E-state index in [0.29, 0.717) is 0 Å². The van der Waals surface area contributed by atoms with Crippen LogP contribution in [0.3, 0.4) is 0 Å². The Kier molecular flexibility index (Phi) is 11.9. The molecule has 0 aromatic carbocycles. The third-order valence-electron chi connectivity index (χ3n) is 2.31. The molecule has 0 aliphatic rings. The highest BCUT2D eigenvalue weighted by molar-refractivity contribution is 8.00. The Bertz CT molecular complexity index is 258. The number of rotatable bonds is 12. The first-order chi connectivity index (χ1) is 9.08. The summed E-state index contributed by atoms with van der Waals surface area (Å²) in [6.07, 6.45) is 0. The quantitative estimate of drug-likeness (QED) is 0.515. The predicted octanol–water partition coefficient (Wildman–Crippen LogP) is 2.57. The lowest BCUT2D eigenvalue weighted by atomic mass is 9.96. The molecular formula is C13H22O3S3. The summed E-state index contributed by atoms with van der Waals surface area (Å²) in [5.74, 6) is 1.50. The first kappa shape index (κ1) is 19.1. The van der Waals surface area contributed by atoms with Gasteiger partial charge in [-0.3, -0.25) is 14.4 Å². The van der Waals surface area contributed by atoms with Crippen molar-refractivity contribution in [3.63, 3.8) is 0 Å². The molecule has 0 aliphatic carbocycles. The molecule has 0 amide bonds. The molecule has 0 aromatic rings. The molecule has 0 N–H and O–H groups in total. The molecule has 0 radical (unpaired) electrons. The van der Waals surface area contributed by atoms with Crippen molar-refractivity contribution in [2.24, 2.45) is 5.92 Å². The zero-order valence-electron chi connectivity index (χ0n) is 11.8. The van der Waals surface area contributed by atoms with Crippen molar-refractivity contribution in [2.45, 2.75) is 20.8 Å². The Morgan fingerprint density at radius 1 is 0.684 bits per heavy atom. The van der Waals surface area contributed by atoms with Crippen LogP contribution in [0, 0.1) is 5.92 Å². The number of hydrogen-bond donors (Lipinski definition) is 0. The summed E-state index contributed by atoms with van der Waals surface area (Å²) in [7, 11) is 0. The van der Waals surface area contributed by atoms with E-state index in [0.717, 1.165) is 17.3 Å². The van der Waals surface area contributed by atoms with Gasteiger partial charge in [0, 0.05) is 0 Å². The number of Topliss-reactive ketones (excluding diaryl/α,β-unsaturated/α-hetero) is 3. The minimum atomic E-state index is -1.03. The van der Waals surface area contributed by atoms with Gasteiger partial charge in [-0.25, -0.2) is 0 Å². The standard InChI is InChI=1S/C13H22O3S3/c1-4-17-7-10(14)13(11(15)8-18-5-2)12(16)9-19-6-3/h13H,4-9H2,1-3H3. The Balaban J connectivity index is 4.66. The number of carbonyl (C=O) groups excluding carboxylic acids is 3. The Labute approximate surface area is 128 Å². The molecule has 19 heavy (non-hydrogen) atoms. The first-order valence-electron chi connectivity index (χ1n) is 6.39. The lowest BCUT2D eigenvalue weighted by Gasteiger charge is -2.13. The fourth-order valence-electron chi connectivity index (χ4n) is 1.40. The molecule has 3 nitrogen and oxygen atoms in total. The van der Waals surface area contributed by atoms with Crippen LogP contribution in [0.4, 0.5) is 0 Å². The van der Waals surface area contributed by atoms with E-state index < -0.39 is 5.92 Å². The van der Waals surface area contributed by atoms with Gasteiger partial charge < -0.3 is 0 Å².